The molecule has 1 amide bonds. The second kappa shape index (κ2) is 8.53. The second-order valence-electron chi connectivity index (χ2n) is 7.51. The minimum Gasteiger partial charge on any atom is -0.503 e. The third kappa shape index (κ3) is 3.79. The molecule has 0 spiro atoms. The summed E-state index contributed by atoms with van der Waals surface area (Å²) in [5.41, 5.74) is 1.54. The number of aryl methyl sites for hydroxylation is 2. The van der Waals surface area contributed by atoms with Crippen LogP contribution in [0.4, 0.5) is 0 Å². The van der Waals surface area contributed by atoms with E-state index in [1.807, 2.05) is 37.4 Å². The normalized spacial score (nSPS) is 21.7. The Bertz CT molecular complexity index is 1010. The van der Waals surface area contributed by atoms with Crippen LogP contribution in [0.5, 0.6) is 0 Å². The van der Waals surface area contributed by atoms with Gasteiger partial charge in [0.05, 0.1) is 33.3 Å². The van der Waals surface area contributed by atoms with E-state index in [0.717, 1.165) is 28.3 Å². The van der Waals surface area contributed by atoms with Crippen LogP contribution >= 0.6 is 23.1 Å². The highest BCUT2D eigenvalue weighted by Gasteiger charge is 2.45. The first-order chi connectivity index (χ1) is 14.4. The smallest absolute Gasteiger partial charge is 0.290 e. The molecule has 2 aliphatic heterocycles. The SMILES string of the molecule is CSc1ccc(C2C(C(=O)c3sc(C)nc3C)=C(O)C(=O)N2CC2CCCO2)cc1. The maximum absolute atomic E-state index is 13.5. The van der Waals surface area contributed by atoms with E-state index in [1.54, 1.807) is 23.6 Å². The van der Waals surface area contributed by atoms with Gasteiger partial charge >= 0.3 is 0 Å². The molecule has 0 radical (unpaired) electrons. The Morgan fingerprint density at radius 3 is 2.63 bits per heavy atom. The Hall–Kier alpha value is -2.16. The summed E-state index contributed by atoms with van der Waals surface area (Å²) in [5.74, 6) is -1.33. The summed E-state index contributed by atoms with van der Waals surface area (Å²) in [6, 6.07) is 7.13. The summed E-state index contributed by atoms with van der Waals surface area (Å²) in [6.07, 6.45) is 3.72. The minimum absolute atomic E-state index is 0.0865. The molecule has 2 aliphatic rings. The number of aliphatic hydroxyl groups is 1. The van der Waals surface area contributed by atoms with Gasteiger partial charge in [0, 0.05) is 18.0 Å². The van der Waals surface area contributed by atoms with E-state index in [4.69, 9.17) is 4.74 Å². The number of nitrogens with zero attached hydrogens (tertiary/aromatic N) is 2. The lowest BCUT2D eigenvalue weighted by Gasteiger charge is -2.29. The van der Waals surface area contributed by atoms with Crippen LogP contribution < -0.4 is 0 Å². The molecule has 1 fully saturated rings. The largest absolute Gasteiger partial charge is 0.503 e. The van der Waals surface area contributed by atoms with Gasteiger partial charge in [-0.15, -0.1) is 23.1 Å². The van der Waals surface area contributed by atoms with Gasteiger partial charge < -0.3 is 14.7 Å². The number of thioether (sulfide) groups is 1. The Labute approximate surface area is 184 Å². The maximum Gasteiger partial charge on any atom is 0.290 e. The maximum atomic E-state index is 13.5. The summed E-state index contributed by atoms with van der Waals surface area (Å²) < 4.78 is 5.73. The molecule has 1 N–H and O–H groups in total. The van der Waals surface area contributed by atoms with Crippen molar-refractivity contribution in [2.75, 3.05) is 19.4 Å². The number of aliphatic hydroxyl groups excluding tert-OH is 1. The van der Waals surface area contributed by atoms with Crippen LogP contribution in [0.2, 0.25) is 0 Å². The van der Waals surface area contributed by atoms with Crippen molar-refractivity contribution in [2.45, 2.75) is 43.7 Å². The monoisotopic (exact) mass is 444 g/mol. The fourth-order valence-electron chi connectivity index (χ4n) is 4.08. The van der Waals surface area contributed by atoms with Gasteiger partial charge in [-0.3, -0.25) is 9.59 Å². The number of hydrogen-bond acceptors (Lipinski definition) is 7. The number of Topliss-reactive ketones (excluding diaryl/α,β-unsaturated/α-hetero) is 1. The molecule has 0 aliphatic carbocycles. The molecule has 4 rings (SSSR count). The van der Waals surface area contributed by atoms with E-state index >= 15 is 0 Å². The van der Waals surface area contributed by atoms with Crippen molar-refractivity contribution in [3.05, 3.63) is 56.7 Å². The molecule has 2 atom stereocenters. The topological polar surface area (TPSA) is 79.7 Å². The highest BCUT2D eigenvalue weighted by molar-refractivity contribution is 7.98. The van der Waals surface area contributed by atoms with Crippen LogP contribution in [0, 0.1) is 13.8 Å². The van der Waals surface area contributed by atoms with Crippen LogP contribution in [0.3, 0.4) is 0 Å². The third-order valence-electron chi connectivity index (χ3n) is 5.51. The van der Waals surface area contributed by atoms with Gasteiger partial charge in [-0.25, -0.2) is 4.98 Å². The molecule has 1 saturated heterocycles. The first-order valence-corrected chi connectivity index (χ1v) is 11.9. The van der Waals surface area contributed by atoms with Crippen molar-refractivity contribution in [1.29, 1.82) is 0 Å². The molecule has 6 nitrogen and oxygen atoms in total. The fourth-order valence-corrected chi connectivity index (χ4v) is 5.36. The van der Waals surface area contributed by atoms with Crippen molar-refractivity contribution in [3.8, 4) is 0 Å². The lowest BCUT2D eigenvalue weighted by molar-refractivity contribution is -0.131. The van der Waals surface area contributed by atoms with Crippen LogP contribution in [0.15, 0.2) is 40.5 Å². The summed E-state index contributed by atoms with van der Waals surface area (Å²) in [4.78, 5) is 34.0. The lowest BCUT2D eigenvalue weighted by atomic mass is 9.95. The van der Waals surface area contributed by atoms with Gasteiger partial charge in [0.2, 0.25) is 5.78 Å². The fraction of sp³-hybridized carbons (Fsp3) is 0.409. The van der Waals surface area contributed by atoms with Crippen molar-refractivity contribution in [1.82, 2.24) is 9.88 Å². The molecule has 0 saturated carbocycles. The lowest BCUT2D eigenvalue weighted by Crippen LogP contribution is -2.37. The number of rotatable bonds is 6. The zero-order valence-electron chi connectivity index (χ0n) is 17.2. The van der Waals surface area contributed by atoms with Crippen LogP contribution in [-0.4, -0.2) is 52.2 Å². The predicted molar refractivity (Wildman–Crippen MR) is 117 cm³/mol. The summed E-state index contributed by atoms with van der Waals surface area (Å²) in [5, 5.41) is 11.5. The van der Waals surface area contributed by atoms with Gasteiger partial charge in [0.25, 0.3) is 5.91 Å². The Balaban J connectivity index is 1.77. The first kappa shape index (κ1) is 21.1. The zero-order valence-corrected chi connectivity index (χ0v) is 18.8. The van der Waals surface area contributed by atoms with Crippen LogP contribution in [0.1, 0.15) is 44.8 Å². The number of thiazole rings is 1. The van der Waals surface area contributed by atoms with E-state index in [-0.39, 0.29) is 17.5 Å². The van der Waals surface area contributed by atoms with E-state index in [2.05, 4.69) is 4.98 Å². The number of ether oxygens (including phenoxy) is 1. The van der Waals surface area contributed by atoms with Crippen molar-refractivity contribution in [3.63, 3.8) is 0 Å². The molecule has 2 unspecified atom stereocenters. The number of ketones is 1. The van der Waals surface area contributed by atoms with E-state index in [1.165, 1.54) is 11.3 Å². The third-order valence-corrected chi connectivity index (χ3v) is 7.33. The van der Waals surface area contributed by atoms with Crippen molar-refractivity contribution < 1.29 is 19.4 Å². The van der Waals surface area contributed by atoms with E-state index in [9.17, 15) is 14.7 Å². The standard InChI is InChI=1S/C22H24N2O4S2/c1-12-21(30-13(2)23-12)19(25)17-18(14-6-8-16(29-3)9-7-14)24(22(27)20(17)26)11-15-5-4-10-28-15/h6-9,15,18,26H,4-5,10-11H2,1-3H3. The molecule has 2 aromatic rings. The number of aromatic nitrogens is 1. The van der Waals surface area contributed by atoms with Crippen LogP contribution in [0.25, 0.3) is 0 Å². The summed E-state index contributed by atoms with van der Waals surface area (Å²) >= 11 is 2.91. The van der Waals surface area contributed by atoms with E-state index in [0.29, 0.717) is 23.7 Å². The summed E-state index contributed by atoms with van der Waals surface area (Å²) in [6.45, 7) is 4.63. The highest BCUT2D eigenvalue weighted by atomic mass is 32.2. The molecule has 1 aromatic carbocycles. The average molecular weight is 445 g/mol. The average Bonchev–Trinajstić information content (AvgIpc) is 3.43. The molecule has 1 aromatic heterocycles. The molecule has 3 heterocycles. The quantitative estimate of drug-likeness (QED) is 0.530. The second-order valence-corrected chi connectivity index (χ2v) is 9.59. The number of amides is 1. The number of carbonyl (C=O) groups is 2. The van der Waals surface area contributed by atoms with E-state index < -0.39 is 17.7 Å². The molecule has 30 heavy (non-hydrogen) atoms. The zero-order chi connectivity index (χ0) is 21.4. The van der Waals surface area contributed by atoms with Gasteiger partial charge in [0.15, 0.2) is 5.76 Å². The van der Waals surface area contributed by atoms with Gasteiger partial charge in [-0.1, -0.05) is 12.1 Å². The van der Waals surface area contributed by atoms with Crippen molar-refractivity contribution in [2.24, 2.45) is 0 Å². The summed E-state index contributed by atoms with van der Waals surface area (Å²) in [7, 11) is 0. The first-order valence-electron chi connectivity index (χ1n) is 9.89. The van der Waals surface area contributed by atoms with Crippen molar-refractivity contribution >= 4 is 34.8 Å². The van der Waals surface area contributed by atoms with Gasteiger partial charge in [-0.2, -0.15) is 0 Å². The number of hydrogen-bond donors (Lipinski definition) is 1. The Morgan fingerprint density at radius 2 is 2.07 bits per heavy atom. The number of carbonyl (C=O) groups excluding carboxylic acids is 2. The number of benzene rings is 1. The highest BCUT2D eigenvalue weighted by Crippen LogP contribution is 2.41. The predicted octanol–water partition coefficient (Wildman–Crippen LogP) is 4.24. The molecular weight excluding hydrogens is 420 g/mol. The van der Waals surface area contributed by atoms with Crippen LogP contribution in [-0.2, 0) is 9.53 Å². The molecule has 0 bridgehead atoms. The van der Waals surface area contributed by atoms with Gasteiger partial charge in [-0.05, 0) is 50.6 Å². The Morgan fingerprint density at radius 1 is 1.33 bits per heavy atom. The van der Waals surface area contributed by atoms with Gasteiger partial charge in [0.1, 0.15) is 0 Å². The Kier molecular flexibility index (Phi) is 5.99. The minimum atomic E-state index is -0.646. The molecule has 158 valence electrons. The molecular formula is C22H24N2O4S2. The molecule has 8 heteroatoms.